The number of carbonyl (C=O) groups is 1. The predicted octanol–water partition coefficient (Wildman–Crippen LogP) is 3.98. The van der Waals surface area contributed by atoms with E-state index < -0.39 is 0 Å². The quantitative estimate of drug-likeness (QED) is 0.683. The zero-order chi connectivity index (χ0) is 22.1. The molecule has 0 bridgehead atoms. The molecule has 4 rings (SSSR count). The SMILES string of the molecule is CC.NCC1CN(C(=O)c2cccnc2)CCN1C(c1ccccc1)c1ccccc1. The molecule has 0 saturated carbocycles. The van der Waals surface area contributed by atoms with Crippen LogP contribution in [0.4, 0.5) is 0 Å². The van der Waals surface area contributed by atoms with Gasteiger partial charge < -0.3 is 10.6 Å². The highest BCUT2D eigenvalue weighted by atomic mass is 16.2. The molecule has 5 nitrogen and oxygen atoms in total. The van der Waals surface area contributed by atoms with Crippen LogP contribution in [0.3, 0.4) is 0 Å². The van der Waals surface area contributed by atoms with E-state index in [1.165, 1.54) is 11.1 Å². The summed E-state index contributed by atoms with van der Waals surface area (Å²) in [5.74, 6) is 0.0205. The molecule has 5 heteroatoms. The van der Waals surface area contributed by atoms with E-state index in [-0.39, 0.29) is 18.0 Å². The normalized spacial score (nSPS) is 16.5. The van der Waals surface area contributed by atoms with Crippen molar-refractivity contribution in [2.45, 2.75) is 25.9 Å². The fourth-order valence-electron chi connectivity index (χ4n) is 4.12. The molecule has 1 atom stereocenters. The number of nitrogens with zero attached hydrogens (tertiary/aromatic N) is 3. The van der Waals surface area contributed by atoms with Crippen molar-refractivity contribution in [3.63, 3.8) is 0 Å². The van der Waals surface area contributed by atoms with Crippen molar-refractivity contribution < 1.29 is 4.79 Å². The van der Waals surface area contributed by atoms with Gasteiger partial charge >= 0.3 is 0 Å². The molecular formula is C26H32N4O. The Morgan fingerprint density at radius 2 is 1.58 bits per heavy atom. The summed E-state index contributed by atoms with van der Waals surface area (Å²) in [6, 6.07) is 24.8. The highest BCUT2D eigenvalue weighted by Crippen LogP contribution is 2.31. The lowest BCUT2D eigenvalue weighted by atomic mass is 9.94. The van der Waals surface area contributed by atoms with Gasteiger partial charge in [0.2, 0.25) is 0 Å². The molecule has 0 spiro atoms. The van der Waals surface area contributed by atoms with Crippen LogP contribution in [0.1, 0.15) is 41.4 Å². The first kappa shape index (κ1) is 22.7. The molecule has 0 aliphatic carbocycles. The first-order valence-electron chi connectivity index (χ1n) is 11.0. The Kier molecular flexibility index (Phi) is 8.33. The fourth-order valence-corrected chi connectivity index (χ4v) is 4.12. The Morgan fingerprint density at radius 1 is 0.968 bits per heavy atom. The van der Waals surface area contributed by atoms with E-state index in [4.69, 9.17) is 5.73 Å². The van der Waals surface area contributed by atoms with Crippen molar-refractivity contribution in [3.05, 3.63) is 102 Å². The van der Waals surface area contributed by atoms with Gasteiger partial charge in [-0.15, -0.1) is 0 Å². The molecule has 2 heterocycles. The first-order chi connectivity index (χ1) is 15.3. The molecule has 1 fully saturated rings. The number of hydrogen-bond donors (Lipinski definition) is 1. The summed E-state index contributed by atoms with van der Waals surface area (Å²) in [6.45, 7) is 6.54. The average molecular weight is 417 g/mol. The van der Waals surface area contributed by atoms with Crippen molar-refractivity contribution in [1.82, 2.24) is 14.8 Å². The number of rotatable bonds is 5. The first-order valence-corrected chi connectivity index (χ1v) is 11.0. The molecule has 1 amide bonds. The van der Waals surface area contributed by atoms with Crippen LogP contribution < -0.4 is 5.73 Å². The van der Waals surface area contributed by atoms with Gasteiger partial charge in [0, 0.05) is 44.6 Å². The number of amides is 1. The largest absolute Gasteiger partial charge is 0.336 e. The smallest absolute Gasteiger partial charge is 0.255 e. The summed E-state index contributed by atoms with van der Waals surface area (Å²) >= 11 is 0. The lowest BCUT2D eigenvalue weighted by Crippen LogP contribution is -2.58. The maximum Gasteiger partial charge on any atom is 0.255 e. The lowest BCUT2D eigenvalue weighted by Gasteiger charge is -2.45. The zero-order valence-electron chi connectivity index (χ0n) is 18.4. The van der Waals surface area contributed by atoms with Crippen LogP contribution in [0.2, 0.25) is 0 Å². The highest BCUT2D eigenvalue weighted by Gasteiger charge is 2.34. The molecule has 162 valence electrons. The number of piperazine rings is 1. The van der Waals surface area contributed by atoms with Crippen LogP contribution in [0.25, 0.3) is 0 Å². The third-order valence-corrected chi connectivity index (χ3v) is 5.56. The van der Waals surface area contributed by atoms with Crippen molar-refractivity contribution >= 4 is 5.91 Å². The van der Waals surface area contributed by atoms with Crippen LogP contribution >= 0.6 is 0 Å². The van der Waals surface area contributed by atoms with E-state index in [0.29, 0.717) is 25.2 Å². The third kappa shape index (κ3) is 5.37. The molecule has 2 N–H and O–H groups in total. The summed E-state index contributed by atoms with van der Waals surface area (Å²) in [5.41, 5.74) is 9.30. The number of hydrogen-bond acceptors (Lipinski definition) is 4. The molecule has 1 aromatic heterocycles. The fraction of sp³-hybridized carbons (Fsp3) is 0.308. The van der Waals surface area contributed by atoms with Gasteiger partial charge in [-0.25, -0.2) is 0 Å². The minimum atomic E-state index is 0.0205. The molecule has 31 heavy (non-hydrogen) atoms. The van der Waals surface area contributed by atoms with Crippen LogP contribution in [-0.4, -0.2) is 52.9 Å². The molecule has 1 aliphatic heterocycles. The van der Waals surface area contributed by atoms with E-state index in [1.807, 2.05) is 36.9 Å². The number of aromatic nitrogens is 1. The molecule has 3 aromatic rings. The van der Waals surface area contributed by atoms with Crippen LogP contribution in [-0.2, 0) is 0 Å². The van der Waals surface area contributed by atoms with E-state index in [2.05, 4.69) is 58.4 Å². The number of carbonyl (C=O) groups excluding carboxylic acids is 1. The molecular weight excluding hydrogens is 384 g/mol. The van der Waals surface area contributed by atoms with Gasteiger partial charge in [-0.2, -0.15) is 0 Å². The van der Waals surface area contributed by atoms with E-state index in [0.717, 1.165) is 6.54 Å². The van der Waals surface area contributed by atoms with Gasteiger partial charge in [-0.3, -0.25) is 14.7 Å². The second-order valence-electron chi connectivity index (χ2n) is 7.34. The number of nitrogens with two attached hydrogens (primary N) is 1. The Morgan fingerprint density at radius 3 is 2.10 bits per heavy atom. The Hall–Kier alpha value is -3.02. The summed E-state index contributed by atoms with van der Waals surface area (Å²) in [7, 11) is 0. The Balaban J connectivity index is 0.00000132. The van der Waals surface area contributed by atoms with Gasteiger partial charge in [-0.05, 0) is 23.3 Å². The van der Waals surface area contributed by atoms with Gasteiger partial charge in [0.1, 0.15) is 0 Å². The van der Waals surface area contributed by atoms with Crippen molar-refractivity contribution in [3.8, 4) is 0 Å². The summed E-state index contributed by atoms with van der Waals surface area (Å²) in [4.78, 5) is 21.3. The van der Waals surface area contributed by atoms with Gasteiger partial charge in [0.25, 0.3) is 5.91 Å². The molecule has 1 saturated heterocycles. The molecule has 2 aromatic carbocycles. The number of benzene rings is 2. The lowest BCUT2D eigenvalue weighted by molar-refractivity contribution is 0.0405. The molecule has 0 radical (unpaired) electrons. The van der Waals surface area contributed by atoms with Crippen LogP contribution in [0.5, 0.6) is 0 Å². The van der Waals surface area contributed by atoms with E-state index >= 15 is 0 Å². The minimum Gasteiger partial charge on any atom is -0.336 e. The summed E-state index contributed by atoms with van der Waals surface area (Å²) < 4.78 is 0. The van der Waals surface area contributed by atoms with E-state index in [9.17, 15) is 4.79 Å². The Labute approximate surface area is 185 Å². The van der Waals surface area contributed by atoms with E-state index in [1.54, 1.807) is 18.5 Å². The summed E-state index contributed by atoms with van der Waals surface area (Å²) in [5, 5.41) is 0. The zero-order valence-corrected chi connectivity index (χ0v) is 18.4. The van der Waals surface area contributed by atoms with Crippen molar-refractivity contribution in [2.75, 3.05) is 26.2 Å². The Bertz CT molecular complexity index is 878. The highest BCUT2D eigenvalue weighted by molar-refractivity contribution is 5.94. The molecule has 1 unspecified atom stereocenters. The maximum atomic E-state index is 12.9. The third-order valence-electron chi connectivity index (χ3n) is 5.56. The number of pyridine rings is 1. The summed E-state index contributed by atoms with van der Waals surface area (Å²) in [6.07, 6.45) is 3.31. The molecule has 1 aliphatic rings. The van der Waals surface area contributed by atoms with Crippen LogP contribution in [0, 0.1) is 0 Å². The van der Waals surface area contributed by atoms with Crippen molar-refractivity contribution in [1.29, 1.82) is 0 Å². The average Bonchev–Trinajstić information content (AvgIpc) is 2.87. The maximum absolute atomic E-state index is 12.9. The van der Waals surface area contributed by atoms with Crippen LogP contribution in [0.15, 0.2) is 85.2 Å². The van der Waals surface area contributed by atoms with Gasteiger partial charge in [-0.1, -0.05) is 74.5 Å². The second kappa shape index (κ2) is 11.4. The topological polar surface area (TPSA) is 62.5 Å². The predicted molar refractivity (Wildman–Crippen MR) is 126 cm³/mol. The monoisotopic (exact) mass is 416 g/mol. The minimum absolute atomic E-state index is 0.0205. The van der Waals surface area contributed by atoms with Gasteiger partial charge in [0.15, 0.2) is 0 Å². The van der Waals surface area contributed by atoms with Gasteiger partial charge in [0.05, 0.1) is 11.6 Å². The standard InChI is InChI=1S/C24H26N4O.C2H6/c25-16-22-18-27(24(29)21-12-7-13-26-17-21)14-15-28(22)23(19-8-3-1-4-9-19)20-10-5-2-6-11-20;1-2/h1-13,17,22-23H,14-16,18,25H2;1-2H3. The second-order valence-corrected chi connectivity index (χ2v) is 7.34. The van der Waals surface area contributed by atoms with Crippen molar-refractivity contribution in [2.24, 2.45) is 5.73 Å².